The van der Waals surface area contributed by atoms with Crippen LogP contribution in [0.4, 0.5) is 5.69 Å². The topological polar surface area (TPSA) is 55.2 Å². The fourth-order valence-electron chi connectivity index (χ4n) is 2.94. The Hall–Kier alpha value is -2.20. The van der Waals surface area contributed by atoms with E-state index in [1.54, 1.807) is 12.1 Å². The molecule has 4 nitrogen and oxygen atoms in total. The van der Waals surface area contributed by atoms with E-state index in [0.717, 1.165) is 31.4 Å². The standard InChI is InChI=1S/C17H18N2O2/c20-19(21)15-8-5-13(6-9-15)11-12-18-17-10-7-14-3-1-2-4-16(14)17/h1-6,8-9,17-18H,7,10-12H2. The molecule has 3 rings (SSSR count). The molecule has 0 aromatic heterocycles. The van der Waals surface area contributed by atoms with Crippen LogP contribution in [0.3, 0.4) is 0 Å². The van der Waals surface area contributed by atoms with Crippen molar-refractivity contribution >= 4 is 5.69 Å². The molecule has 1 aliphatic carbocycles. The molecule has 108 valence electrons. The first-order chi connectivity index (χ1) is 10.2. The van der Waals surface area contributed by atoms with Gasteiger partial charge in [-0.3, -0.25) is 10.1 Å². The van der Waals surface area contributed by atoms with E-state index in [-0.39, 0.29) is 10.6 Å². The molecule has 2 aromatic carbocycles. The third-order valence-electron chi connectivity index (χ3n) is 4.08. The number of hydrogen-bond donors (Lipinski definition) is 1. The second-order valence-corrected chi connectivity index (χ2v) is 5.42. The summed E-state index contributed by atoms with van der Waals surface area (Å²) in [6.45, 7) is 0.886. The van der Waals surface area contributed by atoms with Gasteiger partial charge < -0.3 is 5.32 Å². The zero-order chi connectivity index (χ0) is 14.7. The van der Waals surface area contributed by atoms with Crippen LogP contribution in [0.1, 0.15) is 29.2 Å². The fourth-order valence-corrected chi connectivity index (χ4v) is 2.94. The minimum absolute atomic E-state index is 0.149. The van der Waals surface area contributed by atoms with Crippen LogP contribution >= 0.6 is 0 Å². The van der Waals surface area contributed by atoms with E-state index in [1.807, 2.05) is 12.1 Å². The summed E-state index contributed by atoms with van der Waals surface area (Å²) in [5, 5.41) is 14.2. The zero-order valence-corrected chi connectivity index (χ0v) is 11.8. The average molecular weight is 282 g/mol. The van der Waals surface area contributed by atoms with Crippen molar-refractivity contribution in [2.75, 3.05) is 6.54 Å². The number of nitrogens with zero attached hydrogens (tertiary/aromatic N) is 1. The van der Waals surface area contributed by atoms with Gasteiger partial charge in [-0.2, -0.15) is 0 Å². The maximum atomic E-state index is 10.6. The third-order valence-corrected chi connectivity index (χ3v) is 4.08. The molecule has 4 heteroatoms. The van der Waals surface area contributed by atoms with Gasteiger partial charge in [0.15, 0.2) is 0 Å². The molecule has 2 aromatic rings. The van der Waals surface area contributed by atoms with E-state index in [0.29, 0.717) is 6.04 Å². The summed E-state index contributed by atoms with van der Waals surface area (Å²) < 4.78 is 0. The van der Waals surface area contributed by atoms with Gasteiger partial charge >= 0.3 is 0 Å². The number of benzene rings is 2. The second kappa shape index (κ2) is 6.06. The van der Waals surface area contributed by atoms with Gasteiger partial charge in [0, 0.05) is 18.2 Å². The predicted octanol–water partition coefficient (Wildman–Crippen LogP) is 3.41. The highest BCUT2D eigenvalue weighted by Gasteiger charge is 2.20. The Morgan fingerprint density at radius 3 is 2.67 bits per heavy atom. The van der Waals surface area contributed by atoms with E-state index in [9.17, 15) is 10.1 Å². The van der Waals surface area contributed by atoms with Crippen LogP contribution in [0.2, 0.25) is 0 Å². The molecule has 1 atom stereocenters. The van der Waals surface area contributed by atoms with Gasteiger partial charge in [0.2, 0.25) is 0 Å². The number of hydrogen-bond acceptors (Lipinski definition) is 3. The lowest BCUT2D eigenvalue weighted by Crippen LogP contribution is -2.21. The highest BCUT2D eigenvalue weighted by atomic mass is 16.6. The number of nitro benzene ring substituents is 1. The first-order valence-electron chi connectivity index (χ1n) is 7.28. The van der Waals surface area contributed by atoms with Crippen molar-refractivity contribution in [3.05, 3.63) is 75.3 Å². The molecule has 0 heterocycles. The summed E-state index contributed by atoms with van der Waals surface area (Å²) in [4.78, 5) is 10.2. The van der Waals surface area contributed by atoms with Crippen LogP contribution in [0.25, 0.3) is 0 Å². The Morgan fingerprint density at radius 1 is 1.14 bits per heavy atom. The van der Waals surface area contributed by atoms with Gasteiger partial charge in [0.25, 0.3) is 5.69 Å². The minimum Gasteiger partial charge on any atom is -0.310 e. The van der Waals surface area contributed by atoms with Crippen LogP contribution in [0.5, 0.6) is 0 Å². The van der Waals surface area contributed by atoms with Crippen molar-refractivity contribution < 1.29 is 4.92 Å². The molecule has 0 bridgehead atoms. The number of non-ortho nitro benzene ring substituents is 1. The maximum Gasteiger partial charge on any atom is 0.269 e. The fraction of sp³-hybridized carbons (Fsp3) is 0.294. The SMILES string of the molecule is O=[N+]([O-])c1ccc(CCNC2CCc3ccccc32)cc1. The lowest BCUT2D eigenvalue weighted by atomic mass is 10.1. The summed E-state index contributed by atoms with van der Waals surface area (Å²) in [7, 11) is 0. The van der Waals surface area contributed by atoms with Crippen LogP contribution in [-0.4, -0.2) is 11.5 Å². The molecule has 0 saturated heterocycles. The zero-order valence-electron chi connectivity index (χ0n) is 11.8. The highest BCUT2D eigenvalue weighted by Crippen LogP contribution is 2.30. The molecule has 0 fully saturated rings. The van der Waals surface area contributed by atoms with Gasteiger partial charge in [-0.15, -0.1) is 0 Å². The molecular weight excluding hydrogens is 264 g/mol. The van der Waals surface area contributed by atoms with Crippen molar-refractivity contribution in [3.8, 4) is 0 Å². The summed E-state index contributed by atoms with van der Waals surface area (Å²) >= 11 is 0. The molecule has 1 aliphatic rings. The normalized spacial score (nSPS) is 16.7. The van der Waals surface area contributed by atoms with E-state index >= 15 is 0 Å². The number of rotatable bonds is 5. The second-order valence-electron chi connectivity index (χ2n) is 5.42. The molecule has 21 heavy (non-hydrogen) atoms. The Morgan fingerprint density at radius 2 is 1.90 bits per heavy atom. The van der Waals surface area contributed by atoms with Crippen molar-refractivity contribution in [1.82, 2.24) is 5.32 Å². The molecular formula is C17H18N2O2. The Balaban J connectivity index is 1.54. The predicted molar refractivity (Wildman–Crippen MR) is 82.3 cm³/mol. The first kappa shape index (κ1) is 13.8. The molecule has 0 radical (unpaired) electrons. The molecule has 0 amide bonds. The Bertz CT molecular complexity index is 637. The highest BCUT2D eigenvalue weighted by molar-refractivity contribution is 5.35. The van der Waals surface area contributed by atoms with Gasteiger partial charge in [-0.05, 0) is 42.5 Å². The van der Waals surface area contributed by atoms with E-state index in [1.165, 1.54) is 11.1 Å². The lowest BCUT2D eigenvalue weighted by Gasteiger charge is -2.13. The number of fused-ring (bicyclic) bond motifs is 1. The summed E-state index contributed by atoms with van der Waals surface area (Å²) in [6, 6.07) is 15.8. The number of nitro groups is 1. The largest absolute Gasteiger partial charge is 0.310 e. The molecule has 0 saturated carbocycles. The van der Waals surface area contributed by atoms with Crippen LogP contribution in [-0.2, 0) is 12.8 Å². The first-order valence-corrected chi connectivity index (χ1v) is 7.28. The number of nitrogens with one attached hydrogen (secondary N) is 1. The van der Waals surface area contributed by atoms with Gasteiger partial charge in [-0.1, -0.05) is 36.4 Å². The summed E-state index contributed by atoms with van der Waals surface area (Å²) in [6.07, 6.45) is 3.18. The Kier molecular flexibility index (Phi) is 3.97. The van der Waals surface area contributed by atoms with Gasteiger partial charge in [0.1, 0.15) is 0 Å². The number of aryl methyl sites for hydroxylation is 1. The molecule has 1 unspecified atom stereocenters. The monoisotopic (exact) mass is 282 g/mol. The summed E-state index contributed by atoms with van der Waals surface area (Å²) in [5.74, 6) is 0. The smallest absolute Gasteiger partial charge is 0.269 e. The van der Waals surface area contributed by atoms with Crippen LogP contribution < -0.4 is 5.32 Å². The maximum absolute atomic E-state index is 10.6. The van der Waals surface area contributed by atoms with Crippen molar-refractivity contribution in [2.24, 2.45) is 0 Å². The van der Waals surface area contributed by atoms with Crippen molar-refractivity contribution in [2.45, 2.75) is 25.3 Å². The van der Waals surface area contributed by atoms with Gasteiger partial charge in [0.05, 0.1) is 4.92 Å². The quantitative estimate of drug-likeness (QED) is 0.675. The van der Waals surface area contributed by atoms with E-state index in [2.05, 4.69) is 29.6 Å². The molecule has 1 N–H and O–H groups in total. The average Bonchev–Trinajstić information content (AvgIpc) is 2.91. The molecule has 0 spiro atoms. The van der Waals surface area contributed by atoms with Crippen molar-refractivity contribution in [1.29, 1.82) is 0 Å². The van der Waals surface area contributed by atoms with Crippen LogP contribution in [0.15, 0.2) is 48.5 Å². The molecule has 0 aliphatic heterocycles. The lowest BCUT2D eigenvalue weighted by molar-refractivity contribution is -0.384. The Labute approximate surface area is 124 Å². The minimum atomic E-state index is -0.364. The summed E-state index contributed by atoms with van der Waals surface area (Å²) in [5.41, 5.74) is 4.14. The van der Waals surface area contributed by atoms with Crippen LogP contribution in [0, 0.1) is 10.1 Å². The van der Waals surface area contributed by atoms with Crippen molar-refractivity contribution in [3.63, 3.8) is 0 Å². The van der Waals surface area contributed by atoms with E-state index in [4.69, 9.17) is 0 Å². The van der Waals surface area contributed by atoms with Gasteiger partial charge in [-0.25, -0.2) is 0 Å². The third kappa shape index (κ3) is 3.11. The van der Waals surface area contributed by atoms with E-state index < -0.39 is 0 Å².